The third kappa shape index (κ3) is 5.59. The molecule has 168 valence electrons. The van der Waals surface area contributed by atoms with Crippen LogP contribution in [0.15, 0.2) is 42.6 Å². The third-order valence-corrected chi connectivity index (χ3v) is 6.04. The van der Waals surface area contributed by atoms with Crippen molar-refractivity contribution in [2.75, 3.05) is 25.5 Å². The van der Waals surface area contributed by atoms with Gasteiger partial charge in [0.1, 0.15) is 11.8 Å². The van der Waals surface area contributed by atoms with Gasteiger partial charge in [-0.2, -0.15) is 5.26 Å². The summed E-state index contributed by atoms with van der Waals surface area (Å²) >= 11 is 0. The lowest BCUT2D eigenvalue weighted by Gasteiger charge is -2.29. The van der Waals surface area contributed by atoms with Crippen LogP contribution in [0.2, 0.25) is 0 Å². The van der Waals surface area contributed by atoms with Gasteiger partial charge in [0, 0.05) is 36.0 Å². The minimum atomic E-state index is -0.419. The number of hydrogen-bond acceptors (Lipinski definition) is 5. The summed E-state index contributed by atoms with van der Waals surface area (Å²) in [4.78, 5) is 18.6. The molecule has 1 aliphatic heterocycles. The Balaban J connectivity index is 1.45. The quantitative estimate of drug-likeness (QED) is 0.596. The predicted octanol–water partition coefficient (Wildman–Crippen LogP) is 3.10. The van der Waals surface area contributed by atoms with Crippen LogP contribution in [0.25, 0.3) is 10.9 Å². The Bertz CT molecular complexity index is 1230. The Morgan fingerprint density at radius 3 is 2.73 bits per heavy atom. The average molecular weight is 441 g/mol. The molecule has 0 atom stereocenters. The number of fused-ring (bicyclic) bond motifs is 1. The second-order valence-electron chi connectivity index (χ2n) is 8.37. The van der Waals surface area contributed by atoms with Crippen LogP contribution in [0, 0.1) is 23.2 Å². The minimum absolute atomic E-state index is 0.299. The van der Waals surface area contributed by atoms with E-state index in [1.54, 1.807) is 12.1 Å². The predicted molar refractivity (Wildman–Crippen MR) is 129 cm³/mol. The lowest BCUT2D eigenvalue weighted by Crippen LogP contribution is -2.40. The molecule has 0 bridgehead atoms. The summed E-state index contributed by atoms with van der Waals surface area (Å²) in [7, 11) is 2.18. The summed E-state index contributed by atoms with van der Waals surface area (Å²) in [6.07, 6.45) is 3.82. The van der Waals surface area contributed by atoms with Crippen LogP contribution in [-0.4, -0.2) is 46.5 Å². The Morgan fingerprint density at radius 2 is 2.03 bits per heavy atom. The van der Waals surface area contributed by atoms with Gasteiger partial charge >= 0.3 is 5.91 Å². The fourth-order valence-corrected chi connectivity index (χ4v) is 4.17. The van der Waals surface area contributed by atoms with E-state index in [1.165, 1.54) is 24.6 Å². The fourth-order valence-electron chi connectivity index (χ4n) is 4.17. The van der Waals surface area contributed by atoms with Gasteiger partial charge in [0.25, 0.3) is 0 Å². The van der Waals surface area contributed by atoms with Gasteiger partial charge in [0.2, 0.25) is 0 Å². The molecule has 3 aromatic rings. The largest absolute Gasteiger partial charge is 0.334 e. The normalized spacial score (nSPS) is 14.5. The molecule has 1 saturated heterocycles. The van der Waals surface area contributed by atoms with Crippen LogP contribution >= 0.6 is 0 Å². The van der Waals surface area contributed by atoms with Gasteiger partial charge < -0.3 is 20.1 Å². The molecule has 1 aromatic carbocycles. The Labute approximate surface area is 194 Å². The van der Waals surface area contributed by atoms with Gasteiger partial charge in [-0.25, -0.2) is 4.98 Å². The summed E-state index contributed by atoms with van der Waals surface area (Å²) in [6, 6.07) is 14.3. The maximum absolute atomic E-state index is 12.3. The highest BCUT2D eigenvalue weighted by Gasteiger charge is 2.16. The zero-order valence-electron chi connectivity index (χ0n) is 19.1. The Hall–Kier alpha value is -3.65. The molecule has 7 heteroatoms. The lowest BCUT2D eigenvalue weighted by atomic mass is 10.0. The van der Waals surface area contributed by atoms with E-state index in [0.29, 0.717) is 17.4 Å². The second-order valence-corrected chi connectivity index (χ2v) is 8.37. The van der Waals surface area contributed by atoms with E-state index in [0.717, 1.165) is 42.8 Å². The van der Waals surface area contributed by atoms with E-state index in [9.17, 15) is 4.79 Å². The van der Waals surface area contributed by atoms with E-state index in [4.69, 9.17) is 5.26 Å². The number of aromatic nitrogens is 2. The molecule has 0 radical (unpaired) electrons. The van der Waals surface area contributed by atoms with Crippen molar-refractivity contribution in [1.82, 2.24) is 19.8 Å². The molecule has 1 aliphatic rings. The van der Waals surface area contributed by atoms with Crippen LogP contribution in [0.5, 0.6) is 0 Å². The topological polar surface area (TPSA) is 86.0 Å². The highest BCUT2D eigenvalue weighted by molar-refractivity contribution is 6.04. The molecule has 1 amide bonds. The number of pyridine rings is 1. The highest BCUT2D eigenvalue weighted by Crippen LogP contribution is 2.21. The zero-order chi connectivity index (χ0) is 23.2. The van der Waals surface area contributed by atoms with Crippen molar-refractivity contribution in [3.8, 4) is 17.9 Å². The molecule has 0 unspecified atom stereocenters. The zero-order valence-corrected chi connectivity index (χ0v) is 19.1. The summed E-state index contributed by atoms with van der Waals surface area (Å²) in [6.45, 7) is 5.98. The van der Waals surface area contributed by atoms with Crippen LogP contribution in [-0.2, 0) is 17.9 Å². The molecule has 0 spiro atoms. The first-order chi connectivity index (χ1) is 16.1. The SMILES string of the molecule is CCn1c(C#CC(=O)Nc2ccc(C#N)nc2)cc2cc(CNC3CCN(C)CC3)ccc21. The molecule has 1 fully saturated rings. The third-order valence-electron chi connectivity index (χ3n) is 6.04. The van der Waals surface area contributed by atoms with Gasteiger partial charge in [-0.15, -0.1) is 0 Å². The van der Waals surface area contributed by atoms with Gasteiger partial charge in [-0.05, 0) is 81.7 Å². The standard InChI is InChI=1S/C26H28N6O/c1-3-32-24(7-9-26(33)30-23-6-5-22(16-27)29-18-23)15-20-14-19(4-8-25(20)32)17-28-21-10-12-31(2)13-11-21/h4-6,8,14-15,18,21,28H,3,10-13,17H2,1-2H3,(H,30,33). The number of rotatable bonds is 5. The van der Waals surface area contributed by atoms with Crippen molar-refractivity contribution >= 4 is 22.5 Å². The monoisotopic (exact) mass is 440 g/mol. The van der Waals surface area contributed by atoms with Gasteiger partial charge in [0.15, 0.2) is 0 Å². The molecular formula is C26H28N6O. The van der Waals surface area contributed by atoms with Crippen LogP contribution in [0.1, 0.15) is 36.7 Å². The maximum atomic E-state index is 12.3. The van der Waals surface area contributed by atoms with Gasteiger partial charge in [0.05, 0.1) is 17.6 Å². The summed E-state index contributed by atoms with van der Waals surface area (Å²) in [5, 5.41) is 16.3. The number of carbonyl (C=O) groups excluding carboxylic acids is 1. The van der Waals surface area contributed by atoms with Crippen molar-refractivity contribution in [3.05, 3.63) is 59.5 Å². The van der Waals surface area contributed by atoms with E-state index in [2.05, 4.69) is 69.1 Å². The van der Waals surface area contributed by atoms with E-state index < -0.39 is 5.91 Å². The molecule has 0 saturated carbocycles. The number of nitrogens with one attached hydrogen (secondary N) is 2. The van der Waals surface area contributed by atoms with Gasteiger partial charge in [-0.1, -0.05) is 6.07 Å². The van der Waals surface area contributed by atoms with Crippen molar-refractivity contribution in [3.63, 3.8) is 0 Å². The molecule has 2 aromatic heterocycles. The molecular weight excluding hydrogens is 412 g/mol. The number of hydrogen-bond donors (Lipinski definition) is 2. The summed E-state index contributed by atoms with van der Waals surface area (Å²) in [5.74, 6) is 5.26. The molecule has 2 N–H and O–H groups in total. The van der Waals surface area contributed by atoms with Gasteiger partial charge in [-0.3, -0.25) is 4.79 Å². The number of anilines is 1. The maximum Gasteiger partial charge on any atom is 0.300 e. The van der Waals surface area contributed by atoms with Crippen LogP contribution < -0.4 is 10.6 Å². The lowest BCUT2D eigenvalue weighted by molar-refractivity contribution is -0.111. The van der Waals surface area contributed by atoms with E-state index in [-0.39, 0.29) is 0 Å². The number of aryl methyl sites for hydroxylation is 1. The summed E-state index contributed by atoms with van der Waals surface area (Å²) in [5.41, 5.74) is 3.97. The first kappa shape index (κ1) is 22.5. The molecule has 0 aliphatic carbocycles. The smallest absolute Gasteiger partial charge is 0.300 e. The number of carbonyl (C=O) groups is 1. The number of likely N-dealkylation sites (tertiary alicyclic amines) is 1. The highest BCUT2D eigenvalue weighted by atomic mass is 16.1. The van der Waals surface area contributed by atoms with Crippen LogP contribution in [0.3, 0.4) is 0 Å². The number of benzene rings is 1. The number of amides is 1. The number of nitrogens with zero attached hydrogens (tertiary/aromatic N) is 4. The fraction of sp³-hybridized carbons (Fsp3) is 0.346. The second kappa shape index (κ2) is 10.3. The average Bonchev–Trinajstić information content (AvgIpc) is 3.19. The van der Waals surface area contributed by atoms with Crippen molar-refractivity contribution in [2.24, 2.45) is 0 Å². The van der Waals surface area contributed by atoms with Crippen molar-refractivity contribution in [2.45, 2.75) is 38.9 Å². The van der Waals surface area contributed by atoms with E-state index in [1.807, 2.05) is 12.1 Å². The molecule has 4 rings (SSSR count). The minimum Gasteiger partial charge on any atom is -0.334 e. The number of piperidine rings is 1. The molecule has 33 heavy (non-hydrogen) atoms. The Morgan fingerprint density at radius 1 is 1.21 bits per heavy atom. The first-order valence-electron chi connectivity index (χ1n) is 11.3. The van der Waals surface area contributed by atoms with Crippen molar-refractivity contribution < 1.29 is 4.79 Å². The summed E-state index contributed by atoms with van der Waals surface area (Å²) < 4.78 is 2.12. The Kier molecular flexibility index (Phi) is 7.04. The van der Waals surface area contributed by atoms with Crippen LogP contribution in [0.4, 0.5) is 5.69 Å². The first-order valence-corrected chi connectivity index (χ1v) is 11.3. The van der Waals surface area contributed by atoms with Crippen molar-refractivity contribution in [1.29, 1.82) is 5.26 Å². The molecule has 7 nitrogen and oxygen atoms in total. The molecule has 3 heterocycles. The number of nitriles is 1. The van der Waals surface area contributed by atoms with E-state index >= 15 is 0 Å².